The van der Waals surface area contributed by atoms with E-state index in [2.05, 4.69) is 16.4 Å². The lowest BCUT2D eigenvalue weighted by Gasteiger charge is -2.05. The van der Waals surface area contributed by atoms with Crippen LogP contribution in [-0.2, 0) is 0 Å². The summed E-state index contributed by atoms with van der Waals surface area (Å²) < 4.78 is 6.21. The second kappa shape index (κ2) is 5.60. The third-order valence-electron chi connectivity index (χ3n) is 2.96. The van der Waals surface area contributed by atoms with E-state index in [1.54, 1.807) is 25.3 Å². The van der Waals surface area contributed by atoms with Gasteiger partial charge in [0.05, 0.1) is 33.6 Å². The van der Waals surface area contributed by atoms with Gasteiger partial charge in [0.25, 0.3) is 0 Å². The van der Waals surface area contributed by atoms with Crippen LogP contribution >= 0.6 is 22.9 Å². The Morgan fingerprint density at radius 2 is 2.19 bits per heavy atom. The first-order valence-corrected chi connectivity index (χ1v) is 7.31. The van der Waals surface area contributed by atoms with E-state index in [0.717, 1.165) is 16.0 Å². The number of nitrogens with zero attached hydrogens (tertiary/aromatic N) is 2. The number of ether oxygens (including phenoxy) is 1. The lowest BCUT2D eigenvalue weighted by atomic mass is 10.2. The van der Waals surface area contributed by atoms with Crippen LogP contribution in [0.4, 0.5) is 10.8 Å². The maximum Gasteiger partial charge on any atom is 0.188 e. The molecule has 0 atom stereocenters. The van der Waals surface area contributed by atoms with Crippen molar-refractivity contribution in [3.05, 3.63) is 47.0 Å². The Hall–Kier alpha value is -2.29. The van der Waals surface area contributed by atoms with Crippen molar-refractivity contribution >= 4 is 44.0 Å². The summed E-state index contributed by atoms with van der Waals surface area (Å²) in [6.07, 6.45) is 0. The molecule has 104 valence electrons. The summed E-state index contributed by atoms with van der Waals surface area (Å²) in [5, 5.41) is 13.5. The van der Waals surface area contributed by atoms with Gasteiger partial charge in [-0.05, 0) is 30.3 Å². The topological polar surface area (TPSA) is 57.9 Å². The van der Waals surface area contributed by atoms with E-state index in [1.165, 1.54) is 11.3 Å². The van der Waals surface area contributed by atoms with E-state index >= 15 is 0 Å². The molecule has 0 fully saturated rings. The third kappa shape index (κ3) is 2.64. The Kier molecular flexibility index (Phi) is 3.65. The Labute approximate surface area is 130 Å². The monoisotopic (exact) mass is 315 g/mol. The molecule has 0 spiro atoms. The molecule has 3 rings (SSSR count). The Morgan fingerprint density at radius 1 is 1.33 bits per heavy atom. The standard InChI is InChI=1S/C15H10ClN3OS/c1-20-9-5-6-13-14(7-9)21-15(19-13)18-12-4-2-3-11(16)10(12)8-17/h2-7H,1H3,(H,18,19). The minimum Gasteiger partial charge on any atom is -0.497 e. The molecule has 2 aromatic carbocycles. The fourth-order valence-electron chi connectivity index (χ4n) is 1.94. The van der Waals surface area contributed by atoms with Gasteiger partial charge in [-0.3, -0.25) is 0 Å². The number of methoxy groups -OCH3 is 1. The van der Waals surface area contributed by atoms with Crippen LogP contribution in [0.5, 0.6) is 5.75 Å². The van der Waals surface area contributed by atoms with Crippen molar-refractivity contribution in [2.24, 2.45) is 0 Å². The molecule has 21 heavy (non-hydrogen) atoms. The average Bonchev–Trinajstić information content (AvgIpc) is 2.88. The summed E-state index contributed by atoms with van der Waals surface area (Å²) in [4.78, 5) is 4.49. The van der Waals surface area contributed by atoms with Crippen LogP contribution < -0.4 is 10.1 Å². The molecule has 0 unspecified atom stereocenters. The van der Waals surface area contributed by atoms with Crippen LogP contribution in [0.15, 0.2) is 36.4 Å². The molecule has 6 heteroatoms. The number of halogens is 1. The van der Waals surface area contributed by atoms with Crippen LogP contribution in [0.2, 0.25) is 5.02 Å². The lowest BCUT2D eigenvalue weighted by Crippen LogP contribution is -1.93. The number of benzene rings is 2. The van der Waals surface area contributed by atoms with Gasteiger partial charge in [0.15, 0.2) is 5.13 Å². The Morgan fingerprint density at radius 3 is 2.95 bits per heavy atom. The number of thiazole rings is 1. The number of anilines is 2. The van der Waals surface area contributed by atoms with Gasteiger partial charge in [0.1, 0.15) is 11.8 Å². The first kappa shape index (κ1) is 13.7. The van der Waals surface area contributed by atoms with Gasteiger partial charge in [0, 0.05) is 0 Å². The van der Waals surface area contributed by atoms with Crippen LogP contribution in [0, 0.1) is 11.3 Å². The van der Waals surface area contributed by atoms with Gasteiger partial charge in [-0.1, -0.05) is 29.0 Å². The number of aromatic nitrogens is 1. The number of hydrogen-bond acceptors (Lipinski definition) is 5. The molecule has 0 aliphatic carbocycles. The SMILES string of the molecule is COc1ccc2nc(Nc3cccc(Cl)c3C#N)sc2c1. The molecule has 4 nitrogen and oxygen atoms in total. The van der Waals surface area contributed by atoms with Gasteiger partial charge in [-0.15, -0.1) is 0 Å². The first-order chi connectivity index (χ1) is 10.2. The zero-order valence-corrected chi connectivity index (χ0v) is 12.6. The number of fused-ring (bicyclic) bond motifs is 1. The smallest absolute Gasteiger partial charge is 0.188 e. The molecule has 0 radical (unpaired) electrons. The van der Waals surface area contributed by atoms with Crippen molar-refractivity contribution in [3.8, 4) is 11.8 Å². The highest BCUT2D eigenvalue weighted by molar-refractivity contribution is 7.22. The van der Waals surface area contributed by atoms with Crippen LogP contribution in [-0.4, -0.2) is 12.1 Å². The zero-order chi connectivity index (χ0) is 14.8. The third-order valence-corrected chi connectivity index (χ3v) is 4.21. The van der Waals surface area contributed by atoms with Crippen molar-refractivity contribution in [2.45, 2.75) is 0 Å². The molecule has 1 heterocycles. The molecular formula is C15H10ClN3OS. The second-order valence-electron chi connectivity index (χ2n) is 4.25. The number of nitriles is 1. The highest BCUT2D eigenvalue weighted by Crippen LogP contribution is 2.32. The second-order valence-corrected chi connectivity index (χ2v) is 5.69. The van der Waals surface area contributed by atoms with E-state index < -0.39 is 0 Å². The van der Waals surface area contributed by atoms with Crippen LogP contribution in [0.3, 0.4) is 0 Å². The molecular weight excluding hydrogens is 306 g/mol. The predicted molar refractivity (Wildman–Crippen MR) is 85.6 cm³/mol. The van der Waals surface area contributed by atoms with Gasteiger partial charge < -0.3 is 10.1 Å². The molecule has 3 aromatic rings. The molecule has 0 bridgehead atoms. The lowest BCUT2D eigenvalue weighted by molar-refractivity contribution is 0.415. The summed E-state index contributed by atoms with van der Waals surface area (Å²) in [5.74, 6) is 0.790. The zero-order valence-electron chi connectivity index (χ0n) is 11.1. The summed E-state index contributed by atoms with van der Waals surface area (Å²) in [5.41, 5.74) is 1.94. The van der Waals surface area contributed by atoms with E-state index in [1.807, 2.05) is 18.2 Å². The maximum atomic E-state index is 9.18. The van der Waals surface area contributed by atoms with Crippen molar-refractivity contribution in [1.82, 2.24) is 4.98 Å². The van der Waals surface area contributed by atoms with Crippen molar-refractivity contribution < 1.29 is 4.74 Å². The normalized spacial score (nSPS) is 10.3. The molecule has 1 N–H and O–H groups in total. The molecule has 0 saturated carbocycles. The maximum absolute atomic E-state index is 9.18. The number of rotatable bonds is 3. The fraction of sp³-hybridized carbons (Fsp3) is 0.0667. The van der Waals surface area contributed by atoms with Crippen molar-refractivity contribution in [1.29, 1.82) is 5.26 Å². The van der Waals surface area contributed by atoms with Crippen molar-refractivity contribution in [2.75, 3.05) is 12.4 Å². The molecule has 0 saturated heterocycles. The predicted octanol–water partition coefficient (Wildman–Crippen LogP) is 4.57. The Bertz CT molecular complexity index is 854. The van der Waals surface area contributed by atoms with E-state index in [9.17, 15) is 5.26 Å². The largest absolute Gasteiger partial charge is 0.497 e. The number of hydrogen-bond donors (Lipinski definition) is 1. The van der Waals surface area contributed by atoms with Gasteiger partial charge in [0.2, 0.25) is 0 Å². The van der Waals surface area contributed by atoms with Crippen molar-refractivity contribution in [3.63, 3.8) is 0 Å². The fourth-order valence-corrected chi connectivity index (χ4v) is 3.07. The number of nitrogens with one attached hydrogen (secondary N) is 1. The quantitative estimate of drug-likeness (QED) is 0.769. The average molecular weight is 316 g/mol. The van der Waals surface area contributed by atoms with E-state index in [0.29, 0.717) is 21.4 Å². The summed E-state index contributed by atoms with van der Waals surface area (Å²) >= 11 is 7.51. The van der Waals surface area contributed by atoms with E-state index in [-0.39, 0.29) is 0 Å². The van der Waals surface area contributed by atoms with Crippen LogP contribution in [0.1, 0.15) is 5.56 Å². The summed E-state index contributed by atoms with van der Waals surface area (Å²) in [6.45, 7) is 0. The molecule has 0 aliphatic heterocycles. The molecule has 0 aliphatic rings. The van der Waals surface area contributed by atoms with E-state index in [4.69, 9.17) is 16.3 Å². The summed E-state index contributed by atoms with van der Waals surface area (Å²) in [6, 6.07) is 13.1. The molecule has 0 amide bonds. The minimum absolute atomic E-state index is 0.413. The van der Waals surface area contributed by atoms with Gasteiger partial charge in [-0.2, -0.15) is 5.26 Å². The Balaban J connectivity index is 1.99. The highest BCUT2D eigenvalue weighted by atomic mass is 35.5. The van der Waals surface area contributed by atoms with Crippen LogP contribution in [0.25, 0.3) is 10.2 Å². The minimum atomic E-state index is 0.413. The van der Waals surface area contributed by atoms with Gasteiger partial charge >= 0.3 is 0 Å². The highest BCUT2D eigenvalue weighted by Gasteiger charge is 2.10. The van der Waals surface area contributed by atoms with Gasteiger partial charge in [-0.25, -0.2) is 4.98 Å². The first-order valence-electron chi connectivity index (χ1n) is 6.11. The molecule has 1 aromatic heterocycles. The summed E-state index contributed by atoms with van der Waals surface area (Å²) in [7, 11) is 1.63.